The van der Waals surface area contributed by atoms with Crippen LogP contribution in [-0.4, -0.2) is 96.3 Å². The third kappa shape index (κ3) is 54.4. The van der Waals surface area contributed by atoms with Gasteiger partial charge in [-0.1, -0.05) is 207 Å². The SMILES string of the molecule is CCCCCCCCCCSCCCC(=O)OCC(COC(=O)CCCSCCCCCCCCCC)(COC(=O)CCCSCCCCCCCCCC)COC(=O)CCCSCCCCCCCCCC. The molecule has 0 bridgehead atoms. The Labute approximate surface area is 468 Å². The lowest BCUT2D eigenvalue weighted by molar-refractivity contribution is -0.170. The Hall–Kier alpha value is -0.720. The molecular weight excluding hydrogens is 989 g/mol. The summed E-state index contributed by atoms with van der Waals surface area (Å²) in [5.74, 6) is 6.54. The molecule has 0 aliphatic heterocycles. The van der Waals surface area contributed by atoms with Crippen molar-refractivity contribution in [3.8, 4) is 0 Å². The Morgan fingerprint density at radius 3 is 0.603 bits per heavy atom. The predicted octanol–water partition coefficient (Wildman–Crippen LogP) is 18.8. The van der Waals surface area contributed by atoms with Crippen molar-refractivity contribution in [3.63, 3.8) is 0 Å². The minimum absolute atomic E-state index is 0.178. The summed E-state index contributed by atoms with van der Waals surface area (Å²) in [6.07, 6.45) is 45.5. The van der Waals surface area contributed by atoms with Crippen LogP contribution >= 0.6 is 47.0 Å². The van der Waals surface area contributed by atoms with Gasteiger partial charge in [0.2, 0.25) is 0 Å². The van der Waals surface area contributed by atoms with Gasteiger partial charge in [0.25, 0.3) is 0 Å². The molecule has 0 radical (unpaired) electrons. The van der Waals surface area contributed by atoms with E-state index < -0.39 is 5.41 Å². The molecule has 0 unspecified atom stereocenters. The van der Waals surface area contributed by atoms with Crippen LogP contribution in [0.1, 0.15) is 285 Å². The number of carbonyl (C=O) groups excluding carboxylic acids is 4. The van der Waals surface area contributed by atoms with E-state index in [1.807, 2.05) is 47.0 Å². The van der Waals surface area contributed by atoms with Crippen LogP contribution in [0.15, 0.2) is 0 Å². The van der Waals surface area contributed by atoms with Crippen LogP contribution < -0.4 is 0 Å². The monoisotopic (exact) mass is 1100 g/mol. The molecule has 0 spiro atoms. The quantitative estimate of drug-likeness (QED) is 0.0329. The molecule has 0 heterocycles. The highest BCUT2D eigenvalue weighted by Crippen LogP contribution is 2.24. The summed E-state index contributed by atoms with van der Waals surface area (Å²) in [7, 11) is 0. The first kappa shape index (κ1) is 72.3. The summed E-state index contributed by atoms with van der Waals surface area (Å²) in [5, 5.41) is 0. The van der Waals surface area contributed by atoms with Gasteiger partial charge in [-0.15, -0.1) is 0 Å². The molecule has 0 aromatic carbocycles. The van der Waals surface area contributed by atoms with Crippen LogP contribution in [0.4, 0.5) is 0 Å². The minimum Gasteiger partial charge on any atom is -0.465 e. The number of carbonyl (C=O) groups is 4. The smallest absolute Gasteiger partial charge is 0.305 e. The number of ether oxygens (including phenoxy) is 4. The van der Waals surface area contributed by atoms with Gasteiger partial charge in [0.1, 0.15) is 31.8 Å². The van der Waals surface area contributed by atoms with Gasteiger partial charge in [0.05, 0.1) is 0 Å². The van der Waals surface area contributed by atoms with E-state index in [0.717, 1.165) is 46.0 Å². The zero-order valence-electron chi connectivity index (χ0n) is 48.2. The molecule has 12 heteroatoms. The van der Waals surface area contributed by atoms with E-state index in [2.05, 4.69) is 27.7 Å². The van der Waals surface area contributed by atoms with Crippen molar-refractivity contribution in [2.75, 3.05) is 72.5 Å². The fourth-order valence-electron chi connectivity index (χ4n) is 8.51. The highest BCUT2D eigenvalue weighted by molar-refractivity contribution is 7.99. The molecule has 0 N–H and O–H groups in total. The standard InChI is InChI=1S/C61H116O8S4/c1-5-9-13-17-21-25-29-33-45-70-49-37-41-57(62)66-53-61(54-67-58(63)42-38-50-71-46-34-30-26-22-18-14-10-6-2,55-68-59(64)43-39-51-72-47-35-31-27-23-19-15-11-7-3)56-69-60(65)44-40-52-73-48-36-32-28-24-20-16-12-8-4/h5-56H2,1-4H3. The van der Waals surface area contributed by atoms with Gasteiger partial charge in [-0.25, -0.2) is 0 Å². The summed E-state index contributed by atoms with van der Waals surface area (Å²) in [6.45, 7) is 8.30. The van der Waals surface area contributed by atoms with Gasteiger partial charge in [-0.05, 0) is 97.4 Å². The average Bonchev–Trinajstić information content (AvgIpc) is 3.39. The van der Waals surface area contributed by atoms with E-state index in [9.17, 15) is 19.2 Å². The van der Waals surface area contributed by atoms with Crippen molar-refractivity contribution in [1.29, 1.82) is 0 Å². The fraction of sp³-hybridized carbons (Fsp3) is 0.934. The average molecular weight is 1110 g/mol. The molecular formula is C61H116O8S4. The van der Waals surface area contributed by atoms with Crippen LogP contribution in [0.2, 0.25) is 0 Å². The Kier molecular flexibility index (Phi) is 58.4. The number of hydrogen-bond donors (Lipinski definition) is 0. The molecule has 0 aliphatic carbocycles. The first-order valence-electron chi connectivity index (χ1n) is 30.8. The third-order valence-corrected chi connectivity index (χ3v) is 18.0. The van der Waals surface area contributed by atoms with Crippen molar-refractivity contribution < 1.29 is 38.1 Å². The van der Waals surface area contributed by atoms with Gasteiger partial charge >= 0.3 is 23.9 Å². The molecule has 8 nitrogen and oxygen atoms in total. The maximum atomic E-state index is 13.2. The third-order valence-electron chi connectivity index (χ3n) is 13.4. The zero-order chi connectivity index (χ0) is 53.2. The molecule has 73 heavy (non-hydrogen) atoms. The Morgan fingerprint density at radius 1 is 0.247 bits per heavy atom. The maximum Gasteiger partial charge on any atom is 0.305 e. The van der Waals surface area contributed by atoms with E-state index >= 15 is 0 Å². The van der Waals surface area contributed by atoms with Crippen LogP contribution in [0.5, 0.6) is 0 Å². The fourth-order valence-corrected chi connectivity index (χ4v) is 12.4. The Bertz CT molecular complexity index is 1030. The van der Waals surface area contributed by atoms with Crippen molar-refractivity contribution in [2.24, 2.45) is 5.41 Å². The Morgan fingerprint density at radius 2 is 0.411 bits per heavy atom. The summed E-state index contributed by atoms with van der Waals surface area (Å²) in [4.78, 5) is 53.0. The molecule has 0 rings (SSSR count). The van der Waals surface area contributed by atoms with Crippen LogP contribution in [0.25, 0.3) is 0 Å². The summed E-state index contributed by atoms with van der Waals surface area (Å²) < 4.78 is 23.6. The van der Waals surface area contributed by atoms with Crippen LogP contribution in [-0.2, 0) is 38.1 Å². The molecule has 0 saturated heterocycles. The van der Waals surface area contributed by atoms with Crippen molar-refractivity contribution >= 4 is 70.9 Å². The van der Waals surface area contributed by atoms with Crippen molar-refractivity contribution in [3.05, 3.63) is 0 Å². The number of hydrogen-bond acceptors (Lipinski definition) is 12. The molecule has 0 aromatic rings. The molecule has 0 aromatic heterocycles. The number of rotatable bonds is 60. The largest absolute Gasteiger partial charge is 0.465 e. The molecule has 0 amide bonds. The highest BCUT2D eigenvalue weighted by Gasteiger charge is 2.38. The van der Waals surface area contributed by atoms with Crippen LogP contribution in [0, 0.1) is 5.41 Å². The van der Waals surface area contributed by atoms with Gasteiger partial charge < -0.3 is 18.9 Å². The first-order chi connectivity index (χ1) is 35.8. The van der Waals surface area contributed by atoms with E-state index in [-0.39, 0.29) is 76.0 Å². The predicted molar refractivity (Wildman–Crippen MR) is 323 cm³/mol. The normalized spacial score (nSPS) is 11.6. The molecule has 0 fully saturated rings. The minimum atomic E-state index is -1.22. The topological polar surface area (TPSA) is 105 Å². The highest BCUT2D eigenvalue weighted by atomic mass is 32.2. The second-order valence-corrected chi connectivity index (χ2v) is 25.8. The number of esters is 4. The van der Waals surface area contributed by atoms with Gasteiger partial charge in [-0.3, -0.25) is 19.2 Å². The van der Waals surface area contributed by atoms with Gasteiger partial charge in [0, 0.05) is 25.7 Å². The number of unbranched alkanes of at least 4 members (excludes halogenated alkanes) is 28. The summed E-state index contributed by atoms with van der Waals surface area (Å²) in [6, 6.07) is 0. The van der Waals surface area contributed by atoms with E-state index in [4.69, 9.17) is 18.9 Å². The molecule has 0 aliphatic rings. The lowest BCUT2D eigenvalue weighted by atomic mass is 9.92. The number of thioether (sulfide) groups is 4. The molecule has 0 atom stereocenters. The second kappa shape index (κ2) is 59.0. The van der Waals surface area contributed by atoms with E-state index in [0.29, 0.717) is 25.7 Å². The summed E-state index contributed by atoms with van der Waals surface area (Å²) >= 11 is 7.56. The van der Waals surface area contributed by atoms with Crippen molar-refractivity contribution in [1.82, 2.24) is 0 Å². The first-order valence-corrected chi connectivity index (χ1v) is 35.4. The van der Waals surface area contributed by atoms with Crippen LogP contribution in [0.3, 0.4) is 0 Å². The lowest BCUT2D eigenvalue weighted by Gasteiger charge is -2.31. The maximum absolute atomic E-state index is 13.2. The Balaban J connectivity index is 5.43. The van der Waals surface area contributed by atoms with Gasteiger partial charge in [0.15, 0.2) is 0 Å². The lowest BCUT2D eigenvalue weighted by Crippen LogP contribution is -2.44. The summed E-state index contributed by atoms with van der Waals surface area (Å²) in [5.41, 5.74) is -1.22. The molecule has 0 saturated carbocycles. The van der Waals surface area contributed by atoms with E-state index in [1.54, 1.807) is 0 Å². The van der Waals surface area contributed by atoms with E-state index in [1.165, 1.54) is 205 Å². The second-order valence-electron chi connectivity index (χ2n) is 20.9. The zero-order valence-corrected chi connectivity index (χ0v) is 51.4. The van der Waals surface area contributed by atoms with Gasteiger partial charge in [-0.2, -0.15) is 47.0 Å². The molecule has 432 valence electrons. The van der Waals surface area contributed by atoms with Crippen molar-refractivity contribution in [2.45, 2.75) is 285 Å².